The van der Waals surface area contributed by atoms with Gasteiger partial charge in [-0.1, -0.05) is 48.5 Å². The third kappa shape index (κ3) is 5.15. The van der Waals surface area contributed by atoms with Crippen molar-refractivity contribution in [1.82, 2.24) is 5.32 Å². The third-order valence-corrected chi connectivity index (χ3v) is 6.76. The van der Waals surface area contributed by atoms with Gasteiger partial charge in [0.1, 0.15) is 11.6 Å². The number of rotatable bonds is 6. The summed E-state index contributed by atoms with van der Waals surface area (Å²) in [5, 5.41) is 2.88. The van der Waals surface area contributed by atoms with Gasteiger partial charge in [-0.15, -0.1) is 0 Å². The molecule has 5 rings (SSSR count). The Morgan fingerprint density at radius 2 is 1.72 bits per heavy atom. The van der Waals surface area contributed by atoms with E-state index < -0.39 is 0 Å². The monoisotopic (exact) mass is 482 g/mol. The highest BCUT2D eigenvalue weighted by Crippen LogP contribution is 2.31. The number of benzene rings is 4. The average Bonchev–Trinajstić information content (AvgIpc) is 2.90. The molecule has 0 radical (unpaired) electrons. The summed E-state index contributed by atoms with van der Waals surface area (Å²) >= 11 is 0. The van der Waals surface area contributed by atoms with Gasteiger partial charge in [-0.3, -0.25) is 4.79 Å². The van der Waals surface area contributed by atoms with Crippen molar-refractivity contribution < 1.29 is 13.6 Å². The molecule has 4 aromatic rings. The van der Waals surface area contributed by atoms with E-state index in [9.17, 15) is 13.6 Å². The van der Waals surface area contributed by atoms with Crippen LogP contribution >= 0.6 is 0 Å². The molecule has 0 aromatic heterocycles. The van der Waals surface area contributed by atoms with Gasteiger partial charge in [0.25, 0.3) is 5.91 Å². The van der Waals surface area contributed by atoms with Crippen molar-refractivity contribution in [3.05, 3.63) is 124 Å². The molecule has 1 amide bonds. The fourth-order valence-electron chi connectivity index (χ4n) is 4.72. The zero-order valence-corrected chi connectivity index (χ0v) is 20.2. The van der Waals surface area contributed by atoms with Crippen LogP contribution < -0.4 is 10.2 Å². The van der Waals surface area contributed by atoms with E-state index in [4.69, 9.17) is 0 Å². The van der Waals surface area contributed by atoms with Gasteiger partial charge in [-0.05, 0) is 84.0 Å². The lowest BCUT2D eigenvalue weighted by Gasteiger charge is -2.32. The summed E-state index contributed by atoms with van der Waals surface area (Å²) in [6.45, 7) is 3.26. The first kappa shape index (κ1) is 23.7. The minimum atomic E-state index is -0.277. The smallest absolute Gasteiger partial charge is 0.251 e. The second-order valence-corrected chi connectivity index (χ2v) is 9.31. The Hall–Kier alpha value is -3.99. The third-order valence-electron chi connectivity index (χ3n) is 6.76. The van der Waals surface area contributed by atoms with Crippen molar-refractivity contribution in [3.8, 4) is 11.1 Å². The summed E-state index contributed by atoms with van der Waals surface area (Å²) in [4.78, 5) is 15.0. The summed E-state index contributed by atoms with van der Waals surface area (Å²) in [6, 6.07) is 25.9. The first-order valence-corrected chi connectivity index (χ1v) is 12.2. The van der Waals surface area contributed by atoms with Crippen LogP contribution in [0.4, 0.5) is 14.5 Å². The number of carbonyl (C=O) groups excluding carboxylic acids is 1. The summed E-state index contributed by atoms with van der Waals surface area (Å²) in [7, 11) is 0. The molecule has 0 atom stereocenters. The minimum absolute atomic E-state index is 0.197. The summed E-state index contributed by atoms with van der Waals surface area (Å²) in [5.41, 5.74) is 6.67. The van der Waals surface area contributed by atoms with Crippen molar-refractivity contribution in [2.75, 3.05) is 11.4 Å². The van der Waals surface area contributed by atoms with Crippen LogP contribution in [0.15, 0.2) is 84.9 Å². The number of anilines is 1. The Morgan fingerprint density at radius 3 is 2.53 bits per heavy atom. The summed E-state index contributed by atoms with van der Waals surface area (Å²) in [5.74, 6) is -0.691. The minimum Gasteiger partial charge on any atom is -0.367 e. The molecule has 182 valence electrons. The van der Waals surface area contributed by atoms with E-state index >= 15 is 0 Å². The van der Waals surface area contributed by atoms with Crippen LogP contribution in [0.5, 0.6) is 0 Å². The maximum atomic E-state index is 14.8. The number of nitrogens with one attached hydrogen (secondary N) is 1. The highest BCUT2D eigenvalue weighted by molar-refractivity contribution is 5.95. The van der Waals surface area contributed by atoms with Crippen LogP contribution in [0.25, 0.3) is 11.1 Å². The van der Waals surface area contributed by atoms with E-state index in [-0.39, 0.29) is 24.1 Å². The number of halogens is 2. The van der Waals surface area contributed by atoms with Crippen molar-refractivity contribution in [3.63, 3.8) is 0 Å². The fraction of sp³-hybridized carbons (Fsp3) is 0.194. The van der Waals surface area contributed by atoms with Gasteiger partial charge in [0.2, 0.25) is 0 Å². The van der Waals surface area contributed by atoms with Crippen molar-refractivity contribution in [2.24, 2.45) is 0 Å². The lowest BCUT2D eigenvalue weighted by molar-refractivity contribution is 0.0950. The molecule has 0 saturated heterocycles. The quantitative estimate of drug-likeness (QED) is 0.327. The first-order valence-electron chi connectivity index (χ1n) is 12.2. The van der Waals surface area contributed by atoms with Crippen LogP contribution in [-0.4, -0.2) is 12.5 Å². The van der Waals surface area contributed by atoms with Crippen LogP contribution in [0, 0.1) is 18.6 Å². The highest BCUT2D eigenvalue weighted by atomic mass is 19.1. The van der Waals surface area contributed by atoms with Crippen molar-refractivity contribution in [2.45, 2.75) is 32.9 Å². The number of carbonyl (C=O) groups is 1. The van der Waals surface area contributed by atoms with Crippen LogP contribution in [0.2, 0.25) is 0 Å². The Kier molecular flexibility index (Phi) is 6.81. The van der Waals surface area contributed by atoms with Gasteiger partial charge < -0.3 is 10.2 Å². The van der Waals surface area contributed by atoms with Crippen LogP contribution in [0.1, 0.15) is 39.0 Å². The topological polar surface area (TPSA) is 32.3 Å². The Balaban J connectivity index is 1.31. The summed E-state index contributed by atoms with van der Waals surface area (Å²) < 4.78 is 28.6. The molecule has 0 aliphatic carbocycles. The van der Waals surface area contributed by atoms with E-state index in [0.717, 1.165) is 47.3 Å². The zero-order chi connectivity index (χ0) is 25.1. The van der Waals surface area contributed by atoms with Crippen molar-refractivity contribution >= 4 is 11.6 Å². The largest absolute Gasteiger partial charge is 0.367 e. The predicted octanol–water partition coefficient (Wildman–Crippen LogP) is 6.82. The number of amides is 1. The van der Waals surface area contributed by atoms with Gasteiger partial charge in [0.05, 0.1) is 0 Å². The molecule has 1 heterocycles. The zero-order valence-electron chi connectivity index (χ0n) is 20.2. The molecule has 0 fully saturated rings. The lowest BCUT2D eigenvalue weighted by Crippen LogP contribution is -2.30. The van der Waals surface area contributed by atoms with Gasteiger partial charge in [-0.25, -0.2) is 8.78 Å². The van der Waals surface area contributed by atoms with Gasteiger partial charge in [0, 0.05) is 36.4 Å². The number of aryl methyl sites for hydroxylation is 2. The number of hydrogen-bond acceptors (Lipinski definition) is 2. The molecule has 0 unspecified atom stereocenters. The number of hydrogen-bond donors (Lipinski definition) is 1. The predicted molar refractivity (Wildman–Crippen MR) is 140 cm³/mol. The standard InChI is InChI=1S/C31H28F2N2O/c1-21-9-10-22(16-29(21)33)19-34-31(36)26-12-14-30-25(18-26)8-5-15-35(30)20-27-17-24(11-13-28(27)32)23-6-3-2-4-7-23/h2-4,6-7,9-14,16-18H,5,8,15,19-20H2,1H3,(H,34,36). The van der Waals surface area contributed by atoms with Crippen LogP contribution in [0.3, 0.4) is 0 Å². The van der Waals surface area contributed by atoms with E-state index in [1.54, 1.807) is 19.1 Å². The molecule has 36 heavy (non-hydrogen) atoms. The Labute approximate surface area is 210 Å². The second-order valence-electron chi connectivity index (χ2n) is 9.31. The molecular weight excluding hydrogens is 454 g/mol. The molecule has 0 saturated carbocycles. The van der Waals surface area contributed by atoms with E-state index in [2.05, 4.69) is 10.2 Å². The maximum absolute atomic E-state index is 14.8. The molecular formula is C31H28F2N2O. The van der Waals surface area contributed by atoms with Gasteiger partial charge in [0.15, 0.2) is 0 Å². The van der Waals surface area contributed by atoms with E-state index in [1.807, 2.05) is 60.7 Å². The highest BCUT2D eigenvalue weighted by Gasteiger charge is 2.20. The summed E-state index contributed by atoms with van der Waals surface area (Å²) in [6.07, 6.45) is 1.80. The maximum Gasteiger partial charge on any atom is 0.251 e. The molecule has 4 aromatic carbocycles. The van der Waals surface area contributed by atoms with Crippen molar-refractivity contribution in [1.29, 1.82) is 0 Å². The lowest BCUT2D eigenvalue weighted by atomic mass is 9.97. The van der Waals surface area contributed by atoms with E-state index in [0.29, 0.717) is 23.2 Å². The Morgan fingerprint density at radius 1 is 0.889 bits per heavy atom. The molecule has 1 N–H and O–H groups in total. The first-order chi connectivity index (χ1) is 17.5. The van der Waals surface area contributed by atoms with E-state index in [1.165, 1.54) is 12.1 Å². The molecule has 3 nitrogen and oxygen atoms in total. The Bertz CT molecular complexity index is 1400. The normalized spacial score (nSPS) is 12.8. The molecule has 1 aliphatic rings. The fourth-order valence-corrected chi connectivity index (χ4v) is 4.72. The van der Waals surface area contributed by atoms with Crippen LogP contribution in [-0.2, 0) is 19.5 Å². The molecule has 1 aliphatic heterocycles. The SMILES string of the molecule is Cc1ccc(CNC(=O)c2ccc3c(c2)CCCN3Cc2cc(-c3ccccc3)ccc2F)cc1F. The number of nitrogens with zero attached hydrogens (tertiary/aromatic N) is 1. The average molecular weight is 483 g/mol. The molecule has 0 bridgehead atoms. The van der Waals surface area contributed by atoms with Gasteiger partial charge >= 0.3 is 0 Å². The molecule has 0 spiro atoms. The second kappa shape index (κ2) is 10.3. The molecule has 5 heteroatoms. The van der Waals surface area contributed by atoms with Gasteiger partial charge in [-0.2, -0.15) is 0 Å². The number of fused-ring (bicyclic) bond motifs is 1.